The smallest absolute Gasteiger partial charge is 0.338 e. The maximum Gasteiger partial charge on any atom is 0.338 e. The van der Waals surface area contributed by atoms with Crippen LogP contribution in [0.2, 0.25) is 0 Å². The Morgan fingerprint density at radius 3 is 2.20 bits per heavy atom. The highest BCUT2D eigenvalue weighted by Crippen LogP contribution is 2.30. The number of benzene rings is 2. The molecule has 4 heteroatoms. The van der Waals surface area contributed by atoms with Gasteiger partial charge in [0.1, 0.15) is 11.6 Å². The number of methoxy groups -OCH3 is 1. The maximum atomic E-state index is 13.4. The molecule has 0 bridgehead atoms. The molecule has 0 saturated carbocycles. The zero-order valence-corrected chi connectivity index (χ0v) is 11.5. The molecule has 0 heterocycles. The number of carboxylic acid groups (broad SMARTS) is 1. The lowest BCUT2D eigenvalue weighted by Crippen LogP contribution is -2.00. The highest BCUT2D eigenvalue weighted by atomic mass is 19.1. The lowest BCUT2D eigenvalue weighted by Gasteiger charge is -2.12. The van der Waals surface area contributed by atoms with E-state index < -0.39 is 11.8 Å². The lowest BCUT2D eigenvalue weighted by atomic mass is 9.98. The first-order valence-corrected chi connectivity index (χ1v) is 6.12. The van der Waals surface area contributed by atoms with Gasteiger partial charge in [-0.15, -0.1) is 0 Å². The molecule has 0 saturated heterocycles. The van der Waals surface area contributed by atoms with E-state index in [2.05, 4.69) is 0 Å². The topological polar surface area (TPSA) is 46.5 Å². The summed E-state index contributed by atoms with van der Waals surface area (Å²) in [6.45, 7) is 3.83. The van der Waals surface area contributed by atoms with Gasteiger partial charge in [-0.3, -0.25) is 0 Å². The monoisotopic (exact) mass is 274 g/mol. The molecule has 0 radical (unpaired) electrons. The average molecular weight is 274 g/mol. The molecule has 2 aromatic rings. The molecule has 0 amide bonds. The van der Waals surface area contributed by atoms with Crippen LogP contribution in [0.1, 0.15) is 21.5 Å². The van der Waals surface area contributed by atoms with Crippen LogP contribution in [0.25, 0.3) is 11.1 Å². The molecule has 0 fully saturated rings. The average Bonchev–Trinajstić information content (AvgIpc) is 2.38. The Morgan fingerprint density at radius 1 is 1.10 bits per heavy atom. The van der Waals surface area contributed by atoms with E-state index in [1.165, 1.54) is 12.1 Å². The summed E-state index contributed by atoms with van der Waals surface area (Å²) in [5.41, 5.74) is 3.07. The summed E-state index contributed by atoms with van der Waals surface area (Å²) in [4.78, 5) is 11.0. The number of ether oxygens (including phenoxy) is 1. The van der Waals surface area contributed by atoms with Crippen molar-refractivity contribution in [2.75, 3.05) is 7.11 Å². The molecule has 1 N–H and O–H groups in total. The second-order valence-corrected chi connectivity index (χ2v) is 4.64. The summed E-state index contributed by atoms with van der Waals surface area (Å²) in [5.74, 6) is -1.20. The maximum absolute atomic E-state index is 13.4. The third kappa shape index (κ3) is 2.50. The Hall–Kier alpha value is -2.36. The molecule has 20 heavy (non-hydrogen) atoms. The van der Waals surface area contributed by atoms with E-state index in [1.807, 2.05) is 26.0 Å². The second-order valence-electron chi connectivity index (χ2n) is 4.64. The molecule has 0 unspecified atom stereocenters. The van der Waals surface area contributed by atoms with E-state index >= 15 is 0 Å². The number of carbonyl (C=O) groups is 1. The number of carboxylic acids is 1. The molecule has 2 rings (SSSR count). The number of aryl methyl sites for hydroxylation is 2. The van der Waals surface area contributed by atoms with Gasteiger partial charge in [0.15, 0.2) is 0 Å². The number of aromatic carboxylic acids is 1. The number of hydrogen-bond donors (Lipinski definition) is 1. The first-order chi connectivity index (χ1) is 9.43. The largest absolute Gasteiger partial charge is 0.496 e. The zero-order valence-electron chi connectivity index (χ0n) is 11.5. The predicted octanol–water partition coefficient (Wildman–Crippen LogP) is 3.82. The van der Waals surface area contributed by atoms with E-state index in [0.29, 0.717) is 5.56 Å². The van der Waals surface area contributed by atoms with Gasteiger partial charge in [-0.1, -0.05) is 6.07 Å². The lowest BCUT2D eigenvalue weighted by molar-refractivity contribution is 0.0692. The molecular weight excluding hydrogens is 259 g/mol. The van der Waals surface area contributed by atoms with Crippen LogP contribution < -0.4 is 4.74 Å². The molecule has 0 aliphatic heterocycles. The van der Waals surface area contributed by atoms with Gasteiger partial charge < -0.3 is 9.84 Å². The Morgan fingerprint density at radius 2 is 1.70 bits per heavy atom. The van der Waals surface area contributed by atoms with Crippen molar-refractivity contribution >= 4 is 5.97 Å². The van der Waals surface area contributed by atoms with Crippen molar-refractivity contribution in [2.45, 2.75) is 13.8 Å². The highest BCUT2D eigenvalue weighted by molar-refractivity contribution is 5.89. The van der Waals surface area contributed by atoms with Gasteiger partial charge in [0.2, 0.25) is 0 Å². The summed E-state index contributed by atoms with van der Waals surface area (Å²) in [6.07, 6.45) is 0. The number of hydrogen-bond acceptors (Lipinski definition) is 2. The SMILES string of the molecule is COc1c(C)cc(-c2ccc(F)c(C(=O)O)c2)cc1C. The van der Waals surface area contributed by atoms with Gasteiger partial charge >= 0.3 is 5.97 Å². The van der Waals surface area contributed by atoms with E-state index in [0.717, 1.165) is 22.4 Å². The van der Waals surface area contributed by atoms with E-state index in [9.17, 15) is 9.18 Å². The van der Waals surface area contributed by atoms with Gasteiger partial charge in [-0.05, 0) is 60.4 Å². The first-order valence-electron chi connectivity index (χ1n) is 6.12. The highest BCUT2D eigenvalue weighted by Gasteiger charge is 2.13. The summed E-state index contributed by atoms with van der Waals surface area (Å²) < 4.78 is 18.7. The van der Waals surface area contributed by atoms with Crippen molar-refractivity contribution in [3.05, 3.63) is 52.8 Å². The van der Waals surface area contributed by atoms with Crippen LogP contribution in [-0.4, -0.2) is 18.2 Å². The minimum atomic E-state index is -1.27. The number of halogens is 1. The predicted molar refractivity (Wildman–Crippen MR) is 74.8 cm³/mol. The second kappa shape index (κ2) is 5.33. The van der Waals surface area contributed by atoms with E-state index in [4.69, 9.17) is 9.84 Å². The number of rotatable bonds is 3. The van der Waals surface area contributed by atoms with Crippen molar-refractivity contribution in [1.29, 1.82) is 0 Å². The molecule has 0 spiro atoms. The van der Waals surface area contributed by atoms with Gasteiger partial charge in [0, 0.05) is 0 Å². The quantitative estimate of drug-likeness (QED) is 0.925. The van der Waals surface area contributed by atoms with Gasteiger partial charge in [0.05, 0.1) is 12.7 Å². The van der Waals surface area contributed by atoms with Crippen LogP contribution in [0, 0.1) is 19.7 Å². The normalized spacial score (nSPS) is 10.4. The van der Waals surface area contributed by atoms with Crippen molar-refractivity contribution in [2.24, 2.45) is 0 Å². The summed E-state index contributed by atoms with van der Waals surface area (Å²) >= 11 is 0. The molecule has 0 atom stereocenters. The Labute approximate surface area is 116 Å². The van der Waals surface area contributed by atoms with Crippen LogP contribution in [0.4, 0.5) is 4.39 Å². The minimum Gasteiger partial charge on any atom is -0.496 e. The Bertz CT molecular complexity index is 654. The summed E-state index contributed by atoms with van der Waals surface area (Å²) in [7, 11) is 1.61. The van der Waals surface area contributed by atoms with Gasteiger partial charge in [-0.2, -0.15) is 0 Å². The molecule has 2 aromatic carbocycles. The fourth-order valence-electron chi connectivity index (χ4n) is 2.31. The van der Waals surface area contributed by atoms with Crippen molar-refractivity contribution < 1.29 is 19.0 Å². The van der Waals surface area contributed by atoms with Gasteiger partial charge in [0.25, 0.3) is 0 Å². The van der Waals surface area contributed by atoms with Crippen LogP contribution in [0.5, 0.6) is 5.75 Å². The Kier molecular flexibility index (Phi) is 3.74. The molecule has 0 aromatic heterocycles. The molecule has 0 aliphatic rings. The standard InChI is InChI=1S/C16H15FO3/c1-9-6-12(7-10(2)15(9)20-3)11-4-5-14(17)13(8-11)16(18)19/h4-8H,1-3H3,(H,18,19). The van der Waals surface area contributed by atoms with E-state index in [1.54, 1.807) is 13.2 Å². The van der Waals surface area contributed by atoms with Crippen molar-refractivity contribution in [3.8, 4) is 16.9 Å². The Balaban J connectivity index is 2.57. The van der Waals surface area contributed by atoms with Crippen LogP contribution in [0.3, 0.4) is 0 Å². The van der Waals surface area contributed by atoms with Gasteiger partial charge in [-0.25, -0.2) is 9.18 Å². The van der Waals surface area contributed by atoms with Crippen molar-refractivity contribution in [1.82, 2.24) is 0 Å². The molecule has 104 valence electrons. The fraction of sp³-hybridized carbons (Fsp3) is 0.188. The van der Waals surface area contributed by atoms with Crippen LogP contribution >= 0.6 is 0 Å². The van der Waals surface area contributed by atoms with Crippen LogP contribution in [-0.2, 0) is 0 Å². The third-order valence-electron chi connectivity index (χ3n) is 3.19. The molecular formula is C16H15FO3. The van der Waals surface area contributed by atoms with Crippen molar-refractivity contribution in [3.63, 3.8) is 0 Å². The third-order valence-corrected chi connectivity index (χ3v) is 3.19. The fourth-order valence-corrected chi connectivity index (χ4v) is 2.31. The first kappa shape index (κ1) is 14.1. The van der Waals surface area contributed by atoms with Crippen LogP contribution in [0.15, 0.2) is 30.3 Å². The molecule has 0 aliphatic carbocycles. The zero-order chi connectivity index (χ0) is 14.9. The summed E-state index contributed by atoms with van der Waals surface area (Å²) in [6, 6.07) is 7.88. The minimum absolute atomic E-state index is 0.325. The molecule has 3 nitrogen and oxygen atoms in total. The summed E-state index contributed by atoms with van der Waals surface area (Å²) in [5, 5.41) is 8.97. The van der Waals surface area contributed by atoms with E-state index in [-0.39, 0.29) is 5.56 Å².